The minimum absolute atomic E-state index is 0. The van der Waals surface area contributed by atoms with Crippen molar-refractivity contribution in [1.82, 2.24) is 18.9 Å². The fourth-order valence-corrected chi connectivity index (χ4v) is 8.67. The van der Waals surface area contributed by atoms with Gasteiger partial charge in [0.05, 0.1) is 36.2 Å². The minimum atomic E-state index is -3.51. The number of halogens is 1. The van der Waals surface area contributed by atoms with Crippen LogP contribution in [-0.2, 0) is 42.5 Å². The Bertz CT molecular complexity index is 1550. The molecule has 2 saturated heterocycles. The van der Waals surface area contributed by atoms with E-state index in [0.29, 0.717) is 74.3 Å². The van der Waals surface area contributed by atoms with Gasteiger partial charge in [0.25, 0.3) is 0 Å². The van der Waals surface area contributed by atoms with Crippen molar-refractivity contribution in [3.05, 3.63) is 64.4 Å². The molecule has 0 spiro atoms. The zero-order valence-corrected chi connectivity index (χ0v) is 24.6. The third kappa shape index (κ3) is 6.05. The van der Waals surface area contributed by atoms with Gasteiger partial charge in [0.15, 0.2) is 0 Å². The first-order chi connectivity index (χ1) is 18.8. The Balaban J connectivity index is 0.000000181. The van der Waals surface area contributed by atoms with E-state index in [0.717, 1.165) is 34.0 Å². The first-order valence-electron chi connectivity index (χ1n) is 12.8. The molecule has 6 rings (SSSR count). The van der Waals surface area contributed by atoms with Crippen molar-refractivity contribution in [2.24, 2.45) is 0 Å². The first kappa shape index (κ1) is 28.6. The van der Waals surface area contributed by atoms with E-state index in [-0.39, 0.29) is 1.43 Å². The number of pyridine rings is 1. The second-order valence-electron chi connectivity index (χ2n) is 9.32. The molecule has 212 valence electrons. The minimum Gasteiger partial charge on any atom is -0.379 e. The van der Waals surface area contributed by atoms with Crippen LogP contribution in [0.15, 0.2) is 63.1 Å². The maximum absolute atomic E-state index is 12.7. The van der Waals surface area contributed by atoms with Crippen molar-refractivity contribution < 1.29 is 27.7 Å². The van der Waals surface area contributed by atoms with E-state index >= 15 is 0 Å². The number of nitrogens with one attached hydrogen (secondary N) is 1. The molecule has 3 aliphatic heterocycles. The Morgan fingerprint density at radius 3 is 2.13 bits per heavy atom. The number of rotatable bonds is 4. The lowest BCUT2D eigenvalue weighted by Crippen LogP contribution is -2.41. The van der Waals surface area contributed by atoms with Crippen LogP contribution in [0.2, 0.25) is 0 Å². The second-order valence-corrected chi connectivity index (χ2v) is 14.0. The van der Waals surface area contributed by atoms with Crippen LogP contribution in [-0.4, -0.2) is 89.6 Å². The van der Waals surface area contributed by atoms with Crippen LogP contribution in [0.4, 0.5) is 0 Å². The number of ether oxygens (including phenoxy) is 2. The van der Waals surface area contributed by atoms with Crippen LogP contribution in [0.3, 0.4) is 0 Å². The summed E-state index contributed by atoms with van der Waals surface area (Å²) in [5.41, 5.74) is 2.08. The first-order valence-corrected chi connectivity index (χ1v) is 16.5. The van der Waals surface area contributed by atoms with Crippen LogP contribution in [0.25, 0.3) is 10.8 Å². The number of benzene rings is 2. The summed E-state index contributed by atoms with van der Waals surface area (Å²) in [7, 11) is -6.90. The van der Waals surface area contributed by atoms with Crippen molar-refractivity contribution in [3.63, 3.8) is 0 Å². The molecular formula is C26H33BrN4O6S2. The molecule has 0 aliphatic carbocycles. The molecule has 1 N–H and O–H groups in total. The summed E-state index contributed by atoms with van der Waals surface area (Å²) >= 11 is 3.44. The number of nitrogens with zero attached hydrogens (tertiary/aromatic N) is 3. The molecule has 39 heavy (non-hydrogen) atoms. The van der Waals surface area contributed by atoms with E-state index in [2.05, 4.69) is 26.2 Å². The van der Waals surface area contributed by atoms with Gasteiger partial charge in [0.2, 0.25) is 20.0 Å². The van der Waals surface area contributed by atoms with E-state index in [9.17, 15) is 16.8 Å². The van der Waals surface area contributed by atoms with Gasteiger partial charge in [-0.25, -0.2) is 16.8 Å². The Morgan fingerprint density at radius 1 is 0.821 bits per heavy atom. The van der Waals surface area contributed by atoms with E-state index < -0.39 is 20.0 Å². The quantitative estimate of drug-likeness (QED) is 0.462. The lowest BCUT2D eigenvalue weighted by atomic mass is 10.0. The Hall–Kier alpha value is -1.97. The van der Waals surface area contributed by atoms with E-state index in [1.165, 1.54) is 8.61 Å². The highest BCUT2D eigenvalue weighted by atomic mass is 79.9. The molecule has 0 bridgehead atoms. The SMILES string of the molecule is O=S(=O)(c1ccc(Br)c2ccncc12)N1CCOCC1.O=S(=O)(c1cccc2c1CNCC2)N1CCOCC1.[HH]. The normalized spacial score (nSPS) is 19.2. The Labute approximate surface area is 239 Å². The summed E-state index contributed by atoms with van der Waals surface area (Å²) in [6.45, 7) is 5.04. The summed E-state index contributed by atoms with van der Waals surface area (Å²) in [5.74, 6) is 0. The Kier molecular flexibility index (Phi) is 8.98. The van der Waals surface area contributed by atoms with Gasteiger partial charge in [0, 0.05) is 61.8 Å². The standard InChI is InChI=1S/C13H13BrN2O3S.C13H18N2O3S.H2/c14-12-1-2-13(11-9-15-4-3-10(11)12)20(17,18)16-5-7-19-8-6-16;16-19(17,15-6-8-18-9-7-15)13-3-1-2-11-4-5-14-10-12(11)13;/h1-4,9H,5-8H2;1-3,14H,4-10H2;1H. The maximum atomic E-state index is 12.7. The summed E-state index contributed by atoms with van der Waals surface area (Å²) in [6, 6.07) is 10.8. The van der Waals surface area contributed by atoms with Gasteiger partial charge in [0.1, 0.15) is 0 Å². The third-order valence-corrected chi connectivity index (χ3v) is 11.6. The zero-order valence-electron chi connectivity index (χ0n) is 21.4. The summed E-state index contributed by atoms with van der Waals surface area (Å²) in [4.78, 5) is 4.80. The number of morpholine rings is 2. The molecule has 0 amide bonds. The largest absolute Gasteiger partial charge is 0.379 e. The van der Waals surface area contributed by atoms with Crippen LogP contribution in [0.1, 0.15) is 12.6 Å². The third-order valence-electron chi connectivity index (χ3n) is 7.00. The zero-order chi connectivity index (χ0) is 27.5. The van der Waals surface area contributed by atoms with Gasteiger partial charge in [-0.05, 0) is 48.4 Å². The summed E-state index contributed by atoms with van der Waals surface area (Å²) in [6.07, 6.45) is 4.13. The molecular weight excluding hydrogens is 608 g/mol. The average molecular weight is 642 g/mol. The monoisotopic (exact) mass is 640 g/mol. The van der Waals surface area contributed by atoms with Crippen molar-refractivity contribution >= 4 is 46.7 Å². The number of hydrogen-bond donors (Lipinski definition) is 1. The molecule has 0 unspecified atom stereocenters. The van der Waals surface area contributed by atoms with E-state index in [1.54, 1.807) is 36.7 Å². The number of sulfonamides is 2. The average Bonchev–Trinajstić information content (AvgIpc) is 2.98. The molecule has 1 aromatic heterocycles. The van der Waals surface area contributed by atoms with Crippen molar-refractivity contribution in [2.75, 3.05) is 59.2 Å². The highest BCUT2D eigenvalue weighted by Gasteiger charge is 2.30. The molecule has 0 saturated carbocycles. The molecule has 3 aliphatic rings. The molecule has 2 aromatic carbocycles. The second kappa shape index (κ2) is 12.3. The fourth-order valence-electron chi connectivity index (χ4n) is 4.93. The van der Waals surface area contributed by atoms with E-state index in [4.69, 9.17) is 9.47 Å². The van der Waals surface area contributed by atoms with Crippen LogP contribution < -0.4 is 5.32 Å². The molecule has 4 heterocycles. The molecule has 0 radical (unpaired) electrons. The molecule has 0 atom stereocenters. The van der Waals surface area contributed by atoms with Crippen LogP contribution in [0.5, 0.6) is 0 Å². The van der Waals surface area contributed by atoms with Gasteiger partial charge in [-0.15, -0.1) is 0 Å². The van der Waals surface area contributed by atoms with E-state index in [1.807, 2.05) is 12.1 Å². The lowest BCUT2D eigenvalue weighted by Gasteiger charge is -2.28. The number of hydrogen-bond acceptors (Lipinski definition) is 8. The van der Waals surface area contributed by atoms with Gasteiger partial charge >= 0.3 is 0 Å². The van der Waals surface area contributed by atoms with Crippen molar-refractivity contribution in [3.8, 4) is 0 Å². The van der Waals surface area contributed by atoms with Gasteiger partial charge in [-0.1, -0.05) is 28.1 Å². The lowest BCUT2D eigenvalue weighted by molar-refractivity contribution is 0.0730. The topological polar surface area (TPSA) is 118 Å². The van der Waals surface area contributed by atoms with Gasteiger partial charge in [-0.2, -0.15) is 8.61 Å². The highest BCUT2D eigenvalue weighted by Crippen LogP contribution is 2.31. The highest BCUT2D eigenvalue weighted by molar-refractivity contribution is 9.10. The van der Waals surface area contributed by atoms with Gasteiger partial charge < -0.3 is 14.8 Å². The van der Waals surface area contributed by atoms with Crippen LogP contribution >= 0.6 is 15.9 Å². The van der Waals surface area contributed by atoms with Crippen molar-refractivity contribution in [1.29, 1.82) is 0 Å². The number of fused-ring (bicyclic) bond motifs is 2. The number of aromatic nitrogens is 1. The molecule has 10 nitrogen and oxygen atoms in total. The van der Waals surface area contributed by atoms with Crippen molar-refractivity contribution in [2.45, 2.75) is 22.8 Å². The van der Waals surface area contributed by atoms with Crippen LogP contribution in [0, 0.1) is 0 Å². The predicted octanol–water partition coefficient (Wildman–Crippen LogP) is 2.62. The summed E-state index contributed by atoms with van der Waals surface area (Å²) in [5, 5.41) is 4.72. The maximum Gasteiger partial charge on any atom is 0.243 e. The summed E-state index contributed by atoms with van der Waals surface area (Å²) < 4.78 is 65.2. The smallest absolute Gasteiger partial charge is 0.243 e. The Morgan fingerprint density at radius 2 is 1.46 bits per heavy atom. The predicted molar refractivity (Wildman–Crippen MR) is 153 cm³/mol. The van der Waals surface area contributed by atoms with Gasteiger partial charge in [-0.3, -0.25) is 4.98 Å². The molecule has 3 aromatic rings. The fraction of sp³-hybridized carbons (Fsp3) is 0.423. The molecule has 2 fully saturated rings. The molecule has 13 heteroatoms.